The molecule has 0 radical (unpaired) electrons. The van der Waals surface area contributed by atoms with Crippen LogP contribution in [-0.2, 0) is 9.47 Å². The van der Waals surface area contributed by atoms with Gasteiger partial charge >= 0.3 is 0 Å². The van der Waals surface area contributed by atoms with E-state index in [-0.39, 0.29) is 6.61 Å². The average Bonchev–Trinajstić information content (AvgIpc) is 2.96. The van der Waals surface area contributed by atoms with Gasteiger partial charge in [-0.05, 0) is 19.3 Å². The van der Waals surface area contributed by atoms with Gasteiger partial charge in [0.25, 0.3) is 0 Å². The molecule has 0 aromatic carbocycles. The third-order valence-electron chi connectivity index (χ3n) is 4.46. The van der Waals surface area contributed by atoms with E-state index in [2.05, 4.69) is 19.1 Å². The van der Waals surface area contributed by atoms with Gasteiger partial charge in [-0.1, -0.05) is 57.6 Å². The number of hydrogen-bond acceptors (Lipinski definition) is 5. The van der Waals surface area contributed by atoms with Crippen LogP contribution in [0.3, 0.4) is 0 Å². The topological polar surface area (TPSA) is 79.2 Å². The third-order valence-corrected chi connectivity index (χ3v) is 4.46. The number of ether oxygens (including phenoxy) is 2. The van der Waals surface area contributed by atoms with Gasteiger partial charge in [-0.2, -0.15) is 0 Å². The van der Waals surface area contributed by atoms with Crippen LogP contribution >= 0.6 is 0 Å². The van der Waals surface area contributed by atoms with Crippen LogP contribution in [0.1, 0.15) is 64.7 Å². The van der Waals surface area contributed by atoms with E-state index in [0.29, 0.717) is 6.61 Å². The maximum absolute atomic E-state index is 9.82. The summed E-state index contributed by atoms with van der Waals surface area (Å²) in [6.45, 7) is 2.47. The monoisotopic (exact) mass is 344 g/mol. The van der Waals surface area contributed by atoms with Gasteiger partial charge in [0.1, 0.15) is 24.4 Å². The van der Waals surface area contributed by atoms with Crippen LogP contribution in [-0.4, -0.2) is 59.6 Å². The van der Waals surface area contributed by atoms with Crippen molar-refractivity contribution in [2.75, 3.05) is 19.8 Å². The SMILES string of the molecule is CCCCCCCCC/C=C/CCO[C@H]1[C@@H]([C@@H](O)CO)OC[C@H]1O. The zero-order valence-corrected chi connectivity index (χ0v) is 15.1. The Labute approximate surface area is 146 Å². The minimum absolute atomic E-state index is 0.139. The lowest BCUT2D eigenvalue weighted by Crippen LogP contribution is -2.42. The Morgan fingerprint density at radius 2 is 1.75 bits per heavy atom. The van der Waals surface area contributed by atoms with E-state index >= 15 is 0 Å². The van der Waals surface area contributed by atoms with E-state index in [1.807, 2.05) is 0 Å². The Morgan fingerprint density at radius 3 is 2.46 bits per heavy atom. The fourth-order valence-corrected chi connectivity index (χ4v) is 2.99. The lowest BCUT2D eigenvalue weighted by atomic mass is 10.1. The van der Waals surface area contributed by atoms with Gasteiger partial charge in [-0.25, -0.2) is 0 Å². The molecule has 0 aromatic rings. The summed E-state index contributed by atoms with van der Waals surface area (Å²) < 4.78 is 10.9. The largest absolute Gasteiger partial charge is 0.394 e. The van der Waals surface area contributed by atoms with Gasteiger partial charge in [0.15, 0.2) is 0 Å². The van der Waals surface area contributed by atoms with Crippen molar-refractivity contribution < 1.29 is 24.8 Å². The number of hydrogen-bond donors (Lipinski definition) is 3. The van der Waals surface area contributed by atoms with Crippen molar-refractivity contribution in [3.8, 4) is 0 Å². The van der Waals surface area contributed by atoms with Gasteiger partial charge in [0.05, 0.1) is 19.8 Å². The molecule has 0 saturated carbocycles. The molecule has 1 aliphatic rings. The lowest BCUT2D eigenvalue weighted by Gasteiger charge is -2.23. The van der Waals surface area contributed by atoms with E-state index in [9.17, 15) is 10.2 Å². The van der Waals surface area contributed by atoms with Crippen LogP contribution in [0.15, 0.2) is 12.2 Å². The average molecular weight is 344 g/mol. The fourth-order valence-electron chi connectivity index (χ4n) is 2.99. The quantitative estimate of drug-likeness (QED) is 0.333. The second-order valence-electron chi connectivity index (χ2n) is 6.62. The van der Waals surface area contributed by atoms with E-state index in [4.69, 9.17) is 14.6 Å². The molecule has 4 atom stereocenters. The lowest BCUT2D eigenvalue weighted by molar-refractivity contribution is -0.0924. The summed E-state index contributed by atoms with van der Waals surface area (Å²) in [6.07, 6.45) is 12.5. The van der Waals surface area contributed by atoms with Gasteiger partial charge in [-0.3, -0.25) is 0 Å². The molecule has 0 spiro atoms. The molecule has 5 nitrogen and oxygen atoms in total. The Balaban J connectivity index is 2.02. The molecule has 1 saturated heterocycles. The normalized spacial score (nSPS) is 25.6. The van der Waals surface area contributed by atoms with Crippen molar-refractivity contribution in [2.24, 2.45) is 0 Å². The van der Waals surface area contributed by atoms with E-state index in [0.717, 1.165) is 12.8 Å². The first-order valence-electron chi connectivity index (χ1n) is 9.55. The summed E-state index contributed by atoms with van der Waals surface area (Å²) in [4.78, 5) is 0. The highest BCUT2D eigenvalue weighted by atomic mass is 16.6. The van der Waals surface area contributed by atoms with Gasteiger partial charge in [0, 0.05) is 0 Å². The van der Waals surface area contributed by atoms with E-state index in [1.54, 1.807) is 0 Å². The summed E-state index contributed by atoms with van der Waals surface area (Å²) in [6, 6.07) is 0. The Bertz CT molecular complexity index is 321. The van der Waals surface area contributed by atoms with Crippen molar-refractivity contribution in [1.82, 2.24) is 0 Å². The molecule has 142 valence electrons. The molecule has 0 amide bonds. The van der Waals surface area contributed by atoms with Crippen molar-refractivity contribution in [2.45, 2.75) is 89.1 Å². The second kappa shape index (κ2) is 13.8. The predicted molar refractivity (Wildman–Crippen MR) is 94.9 cm³/mol. The molecule has 24 heavy (non-hydrogen) atoms. The van der Waals surface area contributed by atoms with Crippen molar-refractivity contribution in [1.29, 1.82) is 0 Å². The number of unbranched alkanes of at least 4 members (excludes halogenated alkanes) is 7. The summed E-state index contributed by atoms with van der Waals surface area (Å²) in [7, 11) is 0. The number of aliphatic hydroxyl groups is 3. The molecule has 0 bridgehead atoms. The molecule has 1 aliphatic heterocycles. The molecule has 1 heterocycles. The molecule has 3 N–H and O–H groups in total. The van der Waals surface area contributed by atoms with Crippen molar-refractivity contribution in [3.63, 3.8) is 0 Å². The van der Waals surface area contributed by atoms with Crippen molar-refractivity contribution >= 4 is 0 Å². The summed E-state index contributed by atoms with van der Waals surface area (Å²) >= 11 is 0. The maximum atomic E-state index is 9.82. The maximum Gasteiger partial charge on any atom is 0.114 e. The minimum Gasteiger partial charge on any atom is -0.394 e. The van der Waals surface area contributed by atoms with Crippen LogP contribution in [0, 0.1) is 0 Å². The van der Waals surface area contributed by atoms with Gasteiger partial charge in [-0.15, -0.1) is 0 Å². The van der Waals surface area contributed by atoms with Gasteiger partial charge < -0.3 is 24.8 Å². The second-order valence-corrected chi connectivity index (χ2v) is 6.62. The minimum atomic E-state index is -1.01. The molecule has 0 aromatic heterocycles. The number of rotatable bonds is 14. The molecular weight excluding hydrogens is 308 g/mol. The Hall–Kier alpha value is -0.460. The van der Waals surface area contributed by atoms with Gasteiger partial charge in [0.2, 0.25) is 0 Å². The molecular formula is C19H36O5. The standard InChI is InChI=1S/C19H36O5/c1-2-3-4-5-6-7-8-9-10-11-12-13-23-19-17(22)15-24-18(19)16(21)14-20/h10-11,16-22H,2-9,12-15H2,1H3/b11-10+/t16-,17+,18+,19+/m0/s1. The summed E-state index contributed by atoms with van der Waals surface area (Å²) in [5.74, 6) is 0. The van der Waals surface area contributed by atoms with Crippen LogP contribution in [0.25, 0.3) is 0 Å². The van der Waals surface area contributed by atoms with Crippen LogP contribution < -0.4 is 0 Å². The third kappa shape index (κ3) is 8.58. The molecule has 0 aliphatic carbocycles. The predicted octanol–water partition coefficient (Wildman–Crippen LogP) is 2.57. The zero-order valence-electron chi connectivity index (χ0n) is 15.1. The highest BCUT2D eigenvalue weighted by molar-refractivity contribution is 4.89. The Morgan fingerprint density at radius 1 is 1.08 bits per heavy atom. The highest BCUT2D eigenvalue weighted by Crippen LogP contribution is 2.21. The molecule has 1 fully saturated rings. The summed E-state index contributed by atoms with van der Waals surface area (Å²) in [5.41, 5.74) is 0. The number of aliphatic hydroxyl groups excluding tert-OH is 3. The molecule has 5 heteroatoms. The molecule has 0 unspecified atom stereocenters. The highest BCUT2D eigenvalue weighted by Gasteiger charge is 2.40. The fraction of sp³-hybridized carbons (Fsp3) is 0.895. The first-order valence-corrected chi connectivity index (χ1v) is 9.55. The van der Waals surface area contributed by atoms with E-state index < -0.39 is 31.0 Å². The van der Waals surface area contributed by atoms with Crippen molar-refractivity contribution in [3.05, 3.63) is 12.2 Å². The molecule has 1 rings (SSSR count). The van der Waals surface area contributed by atoms with E-state index in [1.165, 1.54) is 44.9 Å². The van der Waals surface area contributed by atoms with Crippen LogP contribution in [0.5, 0.6) is 0 Å². The Kier molecular flexibility index (Phi) is 12.4. The smallest absolute Gasteiger partial charge is 0.114 e. The first kappa shape index (κ1) is 21.6. The zero-order chi connectivity index (χ0) is 17.6. The first-order chi connectivity index (χ1) is 11.7. The van der Waals surface area contributed by atoms with Crippen LogP contribution in [0.2, 0.25) is 0 Å². The summed E-state index contributed by atoms with van der Waals surface area (Å²) in [5, 5.41) is 28.5. The van der Waals surface area contributed by atoms with Crippen LogP contribution in [0.4, 0.5) is 0 Å². The number of allylic oxidation sites excluding steroid dienone is 1.